The highest BCUT2D eigenvalue weighted by atomic mass is 16.6. The maximum atomic E-state index is 11.7. The lowest BCUT2D eigenvalue weighted by atomic mass is 10.2. The normalized spacial score (nSPS) is 11.0. The molecule has 0 unspecified atom stereocenters. The van der Waals surface area contributed by atoms with Gasteiger partial charge in [0.1, 0.15) is 5.75 Å². The van der Waals surface area contributed by atoms with Crippen molar-refractivity contribution in [2.24, 2.45) is 5.10 Å². The van der Waals surface area contributed by atoms with E-state index < -0.39 is 10.8 Å². The molecule has 0 radical (unpaired) electrons. The summed E-state index contributed by atoms with van der Waals surface area (Å²) < 4.78 is 0. The average molecular weight is 311 g/mol. The van der Waals surface area contributed by atoms with Crippen molar-refractivity contribution in [2.75, 3.05) is 0 Å². The molecule has 0 spiro atoms. The van der Waals surface area contributed by atoms with Crippen molar-refractivity contribution in [1.82, 2.24) is 5.43 Å². The van der Waals surface area contributed by atoms with Crippen molar-refractivity contribution in [3.05, 3.63) is 75.8 Å². The molecule has 1 amide bonds. The van der Waals surface area contributed by atoms with Crippen LogP contribution in [0.3, 0.4) is 0 Å². The quantitative estimate of drug-likeness (QED) is 0.503. The Morgan fingerprint density at radius 1 is 1.17 bits per heavy atom. The van der Waals surface area contributed by atoms with Gasteiger partial charge in [-0.1, -0.05) is 18.2 Å². The number of aromatic hydroxyl groups is 1. The van der Waals surface area contributed by atoms with E-state index in [1.54, 1.807) is 36.4 Å². The van der Waals surface area contributed by atoms with Gasteiger partial charge in [0.2, 0.25) is 0 Å². The SMILES string of the molecule is O=C(NN=CC=Cc1ccc([N+](=O)[O-])cc1)c1ccccc1O. The first kappa shape index (κ1) is 15.9. The lowest BCUT2D eigenvalue weighted by Crippen LogP contribution is -2.17. The van der Waals surface area contributed by atoms with Gasteiger partial charge in [-0.3, -0.25) is 14.9 Å². The van der Waals surface area contributed by atoms with Crippen LogP contribution < -0.4 is 5.43 Å². The number of benzene rings is 2. The number of nitro benzene ring substituents is 1. The number of rotatable bonds is 5. The average Bonchev–Trinajstić information content (AvgIpc) is 2.55. The molecule has 0 bridgehead atoms. The van der Waals surface area contributed by atoms with Gasteiger partial charge >= 0.3 is 0 Å². The van der Waals surface area contributed by atoms with Crippen LogP contribution in [-0.4, -0.2) is 22.2 Å². The zero-order valence-electron chi connectivity index (χ0n) is 11.9. The molecule has 2 aromatic rings. The van der Waals surface area contributed by atoms with Crippen molar-refractivity contribution in [3.63, 3.8) is 0 Å². The third kappa shape index (κ3) is 4.50. The van der Waals surface area contributed by atoms with E-state index in [0.29, 0.717) is 0 Å². The zero-order valence-corrected chi connectivity index (χ0v) is 11.9. The molecule has 0 saturated carbocycles. The Kier molecular flexibility index (Phi) is 5.19. The number of nitrogens with one attached hydrogen (secondary N) is 1. The summed E-state index contributed by atoms with van der Waals surface area (Å²) in [5.41, 5.74) is 3.19. The number of hydrogen-bond donors (Lipinski definition) is 2. The van der Waals surface area contributed by atoms with Crippen LogP contribution in [0, 0.1) is 10.1 Å². The molecule has 0 aliphatic carbocycles. The molecule has 0 saturated heterocycles. The van der Waals surface area contributed by atoms with E-state index in [-0.39, 0.29) is 17.0 Å². The first-order valence-electron chi connectivity index (χ1n) is 6.60. The summed E-state index contributed by atoms with van der Waals surface area (Å²) in [6.07, 6.45) is 4.62. The van der Waals surface area contributed by atoms with Crippen LogP contribution in [-0.2, 0) is 0 Å². The van der Waals surface area contributed by atoms with E-state index in [0.717, 1.165) is 5.56 Å². The molecule has 116 valence electrons. The van der Waals surface area contributed by atoms with E-state index in [1.165, 1.54) is 30.5 Å². The number of carbonyl (C=O) groups is 1. The van der Waals surface area contributed by atoms with Gasteiger partial charge < -0.3 is 5.11 Å². The van der Waals surface area contributed by atoms with Gasteiger partial charge in [0.05, 0.1) is 10.5 Å². The Morgan fingerprint density at radius 3 is 2.52 bits per heavy atom. The second kappa shape index (κ2) is 7.51. The van der Waals surface area contributed by atoms with Crippen molar-refractivity contribution in [1.29, 1.82) is 0 Å². The van der Waals surface area contributed by atoms with Crippen molar-refractivity contribution >= 4 is 23.9 Å². The van der Waals surface area contributed by atoms with Crippen molar-refractivity contribution < 1.29 is 14.8 Å². The van der Waals surface area contributed by atoms with Gasteiger partial charge in [-0.15, -0.1) is 0 Å². The number of nitro groups is 1. The monoisotopic (exact) mass is 311 g/mol. The fourth-order valence-electron chi connectivity index (χ4n) is 1.73. The molecule has 0 aliphatic rings. The number of phenolic OH excluding ortho intramolecular Hbond substituents is 1. The molecule has 7 heteroatoms. The van der Waals surface area contributed by atoms with Gasteiger partial charge in [0.25, 0.3) is 11.6 Å². The van der Waals surface area contributed by atoms with Crippen LogP contribution in [0.5, 0.6) is 5.75 Å². The summed E-state index contributed by atoms with van der Waals surface area (Å²) in [6.45, 7) is 0. The van der Waals surface area contributed by atoms with Gasteiger partial charge in [-0.05, 0) is 35.9 Å². The molecular formula is C16H13N3O4. The van der Waals surface area contributed by atoms with Crippen molar-refractivity contribution in [3.8, 4) is 5.75 Å². The standard InChI is InChI=1S/C16H13N3O4/c20-15-6-2-1-5-14(15)16(21)18-17-11-3-4-12-7-9-13(10-8-12)19(22)23/h1-11,20H,(H,18,21). The highest BCUT2D eigenvalue weighted by Crippen LogP contribution is 2.15. The predicted molar refractivity (Wildman–Crippen MR) is 86.2 cm³/mol. The second-order valence-electron chi connectivity index (χ2n) is 4.44. The van der Waals surface area contributed by atoms with E-state index in [4.69, 9.17) is 0 Å². The second-order valence-corrected chi connectivity index (χ2v) is 4.44. The smallest absolute Gasteiger partial charge is 0.275 e. The summed E-state index contributed by atoms with van der Waals surface area (Å²) in [6, 6.07) is 12.1. The number of hydrazone groups is 1. The fourth-order valence-corrected chi connectivity index (χ4v) is 1.73. The number of phenols is 1. The number of amides is 1. The Hall–Kier alpha value is -3.48. The molecule has 2 aromatic carbocycles. The molecule has 0 aromatic heterocycles. The lowest BCUT2D eigenvalue weighted by molar-refractivity contribution is -0.384. The van der Waals surface area contributed by atoms with Crippen molar-refractivity contribution in [2.45, 2.75) is 0 Å². The minimum atomic E-state index is -0.525. The van der Waals surface area contributed by atoms with Crippen LogP contribution in [0.15, 0.2) is 59.7 Å². The molecule has 0 aliphatic heterocycles. The summed E-state index contributed by atoms with van der Waals surface area (Å²) in [5.74, 6) is -0.648. The molecule has 23 heavy (non-hydrogen) atoms. The van der Waals surface area contributed by atoms with Gasteiger partial charge in [-0.2, -0.15) is 5.10 Å². The van der Waals surface area contributed by atoms with Gasteiger partial charge in [-0.25, -0.2) is 5.43 Å². The number of nitrogens with zero attached hydrogens (tertiary/aromatic N) is 2. The van der Waals surface area contributed by atoms with Gasteiger partial charge in [0.15, 0.2) is 0 Å². The number of non-ortho nitro benzene ring substituents is 1. The topological polar surface area (TPSA) is 105 Å². The minimum Gasteiger partial charge on any atom is -0.507 e. The third-order valence-corrected chi connectivity index (χ3v) is 2.87. The first-order valence-corrected chi connectivity index (χ1v) is 6.60. The maximum Gasteiger partial charge on any atom is 0.275 e. The Morgan fingerprint density at radius 2 is 1.87 bits per heavy atom. The number of allylic oxidation sites excluding steroid dienone is 1. The summed E-state index contributed by atoms with van der Waals surface area (Å²) in [4.78, 5) is 21.8. The molecular weight excluding hydrogens is 298 g/mol. The van der Waals surface area contributed by atoms with Crippen LogP contribution in [0.2, 0.25) is 0 Å². The molecule has 0 atom stereocenters. The molecule has 0 fully saturated rings. The first-order chi connectivity index (χ1) is 11.1. The predicted octanol–water partition coefficient (Wildman–Crippen LogP) is 2.73. The molecule has 7 nitrogen and oxygen atoms in total. The zero-order chi connectivity index (χ0) is 16.7. The highest BCUT2D eigenvalue weighted by molar-refractivity contribution is 5.97. The van der Waals surface area contributed by atoms with E-state index >= 15 is 0 Å². The summed E-state index contributed by atoms with van der Waals surface area (Å²) in [5, 5.41) is 23.8. The van der Waals surface area contributed by atoms with Crippen LogP contribution >= 0.6 is 0 Å². The van der Waals surface area contributed by atoms with Gasteiger partial charge in [0, 0.05) is 18.3 Å². The Bertz CT molecular complexity index is 767. The lowest BCUT2D eigenvalue weighted by Gasteiger charge is -2.01. The Balaban J connectivity index is 1.90. The Labute approximate surface area is 131 Å². The molecule has 2 N–H and O–H groups in total. The number of para-hydroxylation sites is 1. The molecule has 2 rings (SSSR count). The van der Waals surface area contributed by atoms with Crippen LogP contribution in [0.4, 0.5) is 5.69 Å². The third-order valence-electron chi connectivity index (χ3n) is 2.87. The maximum absolute atomic E-state index is 11.7. The molecule has 0 heterocycles. The van der Waals surface area contributed by atoms with E-state index in [9.17, 15) is 20.0 Å². The highest BCUT2D eigenvalue weighted by Gasteiger charge is 2.08. The van der Waals surface area contributed by atoms with E-state index in [2.05, 4.69) is 10.5 Å². The number of hydrogen-bond acceptors (Lipinski definition) is 5. The number of carbonyl (C=O) groups excluding carboxylic acids is 1. The minimum absolute atomic E-state index is 0.0192. The summed E-state index contributed by atoms with van der Waals surface area (Å²) >= 11 is 0. The van der Waals surface area contributed by atoms with Crippen LogP contribution in [0.25, 0.3) is 6.08 Å². The van der Waals surface area contributed by atoms with Crippen LogP contribution in [0.1, 0.15) is 15.9 Å². The largest absolute Gasteiger partial charge is 0.507 e. The summed E-state index contributed by atoms with van der Waals surface area (Å²) in [7, 11) is 0. The fraction of sp³-hybridized carbons (Fsp3) is 0. The van der Waals surface area contributed by atoms with E-state index in [1.807, 2.05) is 0 Å².